The fourth-order valence-corrected chi connectivity index (χ4v) is 2.60. The summed E-state index contributed by atoms with van der Waals surface area (Å²) in [5.74, 6) is 0. The van der Waals surface area contributed by atoms with E-state index in [2.05, 4.69) is 36.6 Å². The Labute approximate surface area is 101 Å². The third-order valence-corrected chi connectivity index (χ3v) is 3.77. The summed E-state index contributed by atoms with van der Waals surface area (Å²) in [6, 6.07) is 8.47. The fraction of sp³-hybridized carbons (Fsp3) is 0.462. The van der Waals surface area contributed by atoms with Gasteiger partial charge in [-0.25, -0.2) is 0 Å². The summed E-state index contributed by atoms with van der Waals surface area (Å²) in [6.45, 7) is 2.84. The van der Waals surface area contributed by atoms with E-state index < -0.39 is 0 Å². The van der Waals surface area contributed by atoms with Gasteiger partial charge in [-0.15, -0.1) is 0 Å². The van der Waals surface area contributed by atoms with E-state index in [4.69, 9.17) is 10.00 Å². The van der Waals surface area contributed by atoms with Crippen LogP contribution < -0.4 is 0 Å². The molecule has 3 heteroatoms. The van der Waals surface area contributed by atoms with Crippen molar-refractivity contribution in [2.24, 2.45) is 0 Å². The molecule has 1 aliphatic rings. The monoisotopic (exact) mass is 233 g/mol. The maximum absolute atomic E-state index is 8.68. The number of thiocyanates is 1. The predicted octanol–water partition coefficient (Wildman–Crippen LogP) is 3.43. The molecule has 1 fully saturated rings. The number of aryl methyl sites for hydroxylation is 1. The number of nitrogens with zero attached hydrogens (tertiary/aromatic N) is 1. The molecule has 1 aliphatic heterocycles. The zero-order valence-corrected chi connectivity index (χ0v) is 10.2. The summed E-state index contributed by atoms with van der Waals surface area (Å²) in [5, 5.41) is 11.3. The highest BCUT2D eigenvalue weighted by atomic mass is 32.2. The summed E-state index contributed by atoms with van der Waals surface area (Å²) in [6.07, 6.45) is 2.10. The van der Waals surface area contributed by atoms with Gasteiger partial charge in [0, 0.05) is 11.9 Å². The first kappa shape index (κ1) is 11.5. The van der Waals surface area contributed by atoms with Gasteiger partial charge in [0.15, 0.2) is 0 Å². The molecule has 1 saturated heterocycles. The molecule has 2 atom stereocenters. The summed E-state index contributed by atoms with van der Waals surface area (Å²) in [7, 11) is 0. The molecule has 16 heavy (non-hydrogen) atoms. The number of rotatable bonds is 2. The normalized spacial score (nSPS) is 25.0. The molecule has 1 aromatic carbocycles. The van der Waals surface area contributed by atoms with Crippen LogP contribution >= 0.6 is 11.8 Å². The summed E-state index contributed by atoms with van der Waals surface area (Å²) in [4.78, 5) is 0. The molecule has 0 saturated carbocycles. The Morgan fingerprint density at radius 3 is 2.81 bits per heavy atom. The summed E-state index contributed by atoms with van der Waals surface area (Å²) < 4.78 is 5.76. The number of thioether (sulfide) groups is 1. The second kappa shape index (κ2) is 5.38. The molecule has 2 rings (SSSR count). The molecule has 0 amide bonds. The first-order valence-corrected chi connectivity index (χ1v) is 6.40. The van der Waals surface area contributed by atoms with Gasteiger partial charge in [0.2, 0.25) is 0 Å². The molecule has 0 bridgehead atoms. The minimum Gasteiger partial charge on any atom is -0.373 e. The van der Waals surface area contributed by atoms with Crippen molar-refractivity contribution in [2.45, 2.75) is 31.1 Å². The standard InChI is InChI=1S/C13H15NOS/c1-10-2-4-11(5-3-10)13-8-12(16-9-14)6-7-15-13/h2-5,12-13H,6-8H2,1H3/t12-,13+/m0/s1. The van der Waals surface area contributed by atoms with Gasteiger partial charge in [0.05, 0.1) is 6.10 Å². The summed E-state index contributed by atoms with van der Waals surface area (Å²) in [5.41, 5.74) is 2.50. The van der Waals surface area contributed by atoms with Crippen molar-refractivity contribution in [1.29, 1.82) is 5.26 Å². The Morgan fingerprint density at radius 2 is 2.12 bits per heavy atom. The molecule has 2 nitrogen and oxygen atoms in total. The second-order valence-corrected chi connectivity index (χ2v) is 5.21. The Bertz CT molecular complexity index is 382. The van der Waals surface area contributed by atoms with Crippen LogP contribution in [0.2, 0.25) is 0 Å². The third-order valence-electron chi connectivity index (χ3n) is 2.90. The first-order chi connectivity index (χ1) is 7.79. The SMILES string of the molecule is Cc1ccc([C@H]2C[C@@H](SC#N)CCO2)cc1. The molecule has 0 spiro atoms. The lowest BCUT2D eigenvalue weighted by Gasteiger charge is -2.28. The average Bonchev–Trinajstić information content (AvgIpc) is 2.31. The lowest BCUT2D eigenvalue weighted by Crippen LogP contribution is -2.21. The van der Waals surface area contributed by atoms with Gasteiger partial charge in [0.25, 0.3) is 0 Å². The summed E-state index contributed by atoms with van der Waals surface area (Å²) >= 11 is 1.38. The van der Waals surface area contributed by atoms with Crippen molar-refractivity contribution in [1.82, 2.24) is 0 Å². The number of hydrogen-bond donors (Lipinski definition) is 0. The molecule has 1 aromatic rings. The van der Waals surface area contributed by atoms with Crippen LogP contribution in [0.5, 0.6) is 0 Å². The molecule has 0 aliphatic carbocycles. The van der Waals surface area contributed by atoms with Crippen molar-refractivity contribution in [3.63, 3.8) is 0 Å². The Hall–Kier alpha value is -0.980. The van der Waals surface area contributed by atoms with Crippen LogP contribution in [0.1, 0.15) is 30.1 Å². The van der Waals surface area contributed by atoms with E-state index in [-0.39, 0.29) is 6.10 Å². The number of hydrogen-bond acceptors (Lipinski definition) is 3. The maximum atomic E-state index is 8.68. The molecule has 0 unspecified atom stereocenters. The Kier molecular flexibility index (Phi) is 3.87. The van der Waals surface area contributed by atoms with Crippen molar-refractivity contribution in [2.75, 3.05) is 6.61 Å². The first-order valence-electron chi connectivity index (χ1n) is 5.52. The maximum Gasteiger partial charge on any atom is 0.133 e. The number of benzene rings is 1. The van der Waals surface area contributed by atoms with Gasteiger partial charge < -0.3 is 4.74 Å². The van der Waals surface area contributed by atoms with Crippen LogP contribution in [-0.4, -0.2) is 11.9 Å². The smallest absolute Gasteiger partial charge is 0.133 e. The zero-order valence-electron chi connectivity index (χ0n) is 9.35. The van der Waals surface area contributed by atoms with E-state index in [1.54, 1.807) is 0 Å². The van der Waals surface area contributed by atoms with E-state index in [1.165, 1.54) is 22.9 Å². The molecule has 1 heterocycles. The van der Waals surface area contributed by atoms with Gasteiger partial charge in [-0.05, 0) is 37.1 Å². The molecular weight excluding hydrogens is 218 g/mol. The van der Waals surface area contributed by atoms with Crippen LogP contribution in [0.15, 0.2) is 24.3 Å². The van der Waals surface area contributed by atoms with E-state index in [0.29, 0.717) is 5.25 Å². The van der Waals surface area contributed by atoms with Crippen LogP contribution in [0, 0.1) is 17.6 Å². The largest absolute Gasteiger partial charge is 0.373 e. The molecule has 0 N–H and O–H groups in total. The quantitative estimate of drug-likeness (QED) is 0.734. The lowest BCUT2D eigenvalue weighted by molar-refractivity contribution is 0.0179. The molecular formula is C13H15NOS. The van der Waals surface area contributed by atoms with E-state index >= 15 is 0 Å². The van der Waals surface area contributed by atoms with Crippen molar-refractivity contribution in [3.05, 3.63) is 35.4 Å². The lowest BCUT2D eigenvalue weighted by atomic mass is 10.0. The highest BCUT2D eigenvalue weighted by Gasteiger charge is 2.24. The van der Waals surface area contributed by atoms with Gasteiger partial charge >= 0.3 is 0 Å². The van der Waals surface area contributed by atoms with Crippen molar-refractivity contribution < 1.29 is 4.74 Å². The predicted molar refractivity (Wildman–Crippen MR) is 66.1 cm³/mol. The van der Waals surface area contributed by atoms with Crippen LogP contribution in [0.25, 0.3) is 0 Å². The minimum absolute atomic E-state index is 0.167. The molecule has 84 valence electrons. The van der Waals surface area contributed by atoms with Gasteiger partial charge in [-0.3, -0.25) is 0 Å². The minimum atomic E-state index is 0.167. The molecule has 0 aromatic heterocycles. The van der Waals surface area contributed by atoms with E-state index in [1.807, 2.05) is 0 Å². The third kappa shape index (κ3) is 2.78. The topological polar surface area (TPSA) is 33.0 Å². The fourth-order valence-electron chi connectivity index (χ4n) is 1.96. The Balaban J connectivity index is 2.04. The van der Waals surface area contributed by atoms with Crippen LogP contribution in [0.4, 0.5) is 0 Å². The van der Waals surface area contributed by atoms with Crippen LogP contribution in [-0.2, 0) is 4.74 Å². The number of nitriles is 1. The van der Waals surface area contributed by atoms with Crippen molar-refractivity contribution in [3.8, 4) is 5.40 Å². The average molecular weight is 233 g/mol. The molecule has 0 radical (unpaired) electrons. The second-order valence-electron chi connectivity index (χ2n) is 4.13. The highest BCUT2D eigenvalue weighted by molar-refractivity contribution is 8.04. The van der Waals surface area contributed by atoms with Crippen molar-refractivity contribution >= 4 is 11.8 Å². The zero-order chi connectivity index (χ0) is 11.4. The van der Waals surface area contributed by atoms with Crippen LogP contribution in [0.3, 0.4) is 0 Å². The van der Waals surface area contributed by atoms with E-state index in [9.17, 15) is 0 Å². The van der Waals surface area contributed by atoms with Gasteiger partial charge in [-0.2, -0.15) is 5.26 Å². The van der Waals surface area contributed by atoms with E-state index in [0.717, 1.165) is 19.4 Å². The number of ether oxygens (including phenoxy) is 1. The van der Waals surface area contributed by atoms with Gasteiger partial charge in [-0.1, -0.05) is 29.8 Å². The van der Waals surface area contributed by atoms with Gasteiger partial charge in [0.1, 0.15) is 5.40 Å². The highest BCUT2D eigenvalue weighted by Crippen LogP contribution is 2.33. The Morgan fingerprint density at radius 1 is 1.38 bits per heavy atom.